The molecule has 104 valence electrons. The zero-order valence-corrected chi connectivity index (χ0v) is 12.6. The number of anilines is 1. The summed E-state index contributed by atoms with van der Waals surface area (Å²) < 4.78 is 0. The SMILES string of the molecule is Cc1csc(C(=O)Nc2ccc(C(=O)O)cc2Cl)c1Cl. The number of hydrogen-bond donors (Lipinski definition) is 2. The van der Waals surface area contributed by atoms with Crippen LogP contribution in [-0.4, -0.2) is 17.0 Å². The van der Waals surface area contributed by atoms with E-state index in [9.17, 15) is 9.59 Å². The molecule has 0 saturated carbocycles. The zero-order valence-electron chi connectivity index (χ0n) is 10.2. The summed E-state index contributed by atoms with van der Waals surface area (Å²) in [4.78, 5) is 23.2. The monoisotopic (exact) mass is 329 g/mol. The van der Waals surface area contributed by atoms with Gasteiger partial charge in [0.2, 0.25) is 0 Å². The highest BCUT2D eigenvalue weighted by Gasteiger charge is 2.16. The molecule has 0 aliphatic carbocycles. The van der Waals surface area contributed by atoms with Crippen molar-refractivity contribution in [1.29, 1.82) is 0 Å². The summed E-state index contributed by atoms with van der Waals surface area (Å²) in [7, 11) is 0. The van der Waals surface area contributed by atoms with E-state index in [1.807, 2.05) is 6.92 Å². The summed E-state index contributed by atoms with van der Waals surface area (Å²) in [6.45, 7) is 1.81. The van der Waals surface area contributed by atoms with Crippen LogP contribution in [0.5, 0.6) is 0 Å². The number of rotatable bonds is 3. The van der Waals surface area contributed by atoms with E-state index in [1.54, 1.807) is 5.38 Å². The maximum atomic E-state index is 12.1. The number of carboxylic acid groups (broad SMARTS) is 1. The Morgan fingerprint density at radius 3 is 2.50 bits per heavy atom. The van der Waals surface area contributed by atoms with Crippen LogP contribution in [0.3, 0.4) is 0 Å². The quantitative estimate of drug-likeness (QED) is 0.881. The number of thiophene rings is 1. The molecule has 0 saturated heterocycles. The Morgan fingerprint density at radius 2 is 2.00 bits per heavy atom. The minimum atomic E-state index is -1.08. The van der Waals surface area contributed by atoms with Crippen LogP contribution in [0.4, 0.5) is 5.69 Å². The second-order valence-electron chi connectivity index (χ2n) is 4.02. The molecule has 0 fully saturated rings. The molecule has 0 bridgehead atoms. The van der Waals surface area contributed by atoms with Gasteiger partial charge in [-0.15, -0.1) is 11.3 Å². The van der Waals surface area contributed by atoms with Gasteiger partial charge in [0.25, 0.3) is 5.91 Å². The molecule has 2 N–H and O–H groups in total. The van der Waals surface area contributed by atoms with Gasteiger partial charge in [0, 0.05) is 0 Å². The third-order valence-electron chi connectivity index (χ3n) is 2.57. The number of hydrogen-bond acceptors (Lipinski definition) is 3. The topological polar surface area (TPSA) is 66.4 Å². The van der Waals surface area contributed by atoms with Gasteiger partial charge >= 0.3 is 5.97 Å². The molecule has 4 nitrogen and oxygen atoms in total. The first-order valence-corrected chi connectivity index (χ1v) is 7.11. The van der Waals surface area contributed by atoms with Crippen LogP contribution in [-0.2, 0) is 0 Å². The van der Waals surface area contributed by atoms with Crippen molar-refractivity contribution in [3.05, 3.63) is 49.6 Å². The van der Waals surface area contributed by atoms with Crippen molar-refractivity contribution in [2.45, 2.75) is 6.92 Å². The van der Waals surface area contributed by atoms with Crippen LogP contribution < -0.4 is 5.32 Å². The van der Waals surface area contributed by atoms with Crippen LogP contribution in [0.2, 0.25) is 10.0 Å². The Kier molecular flexibility index (Phi) is 4.32. The number of nitrogens with one attached hydrogen (secondary N) is 1. The van der Waals surface area contributed by atoms with E-state index in [4.69, 9.17) is 28.3 Å². The Hall–Kier alpha value is -1.56. The average molecular weight is 330 g/mol. The predicted octanol–water partition coefficient (Wildman–Crippen LogP) is 4.31. The summed E-state index contributed by atoms with van der Waals surface area (Å²) in [6.07, 6.45) is 0. The largest absolute Gasteiger partial charge is 0.478 e. The summed E-state index contributed by atoms with van der Waals surface area (Å²) in [5.41, 5.74) is 1.22. The van der Waals surface area contributed by atoms with Crippen molar-refractivity contribution >= 4 is 52.1 Å². The highest BCUT2D eigenvalue weighted by molar-refractivity contribution is 7.13. The first-order chi connectivity index (χ1) is 9.40. The Bertz CT molecular complexity index is 697. The zero-order chi connectivity index (χ0) is 14.9. The highest BCUT2D eigenvalue weighted by atomic mass is 35.5. The maximum absolute atomic E-state index is 12.1. The standard InChI is InChI=1S/C13H9Cl2NO3S/c1-6-5-20-11(10(6)15)12(17)16-9-3-2-7(13(18)19)4-8(9)14/h2-5H,1H3,(H,16,17)(H,18,19). The Morgan fingerprint density at radius 1 is 1.30 bits per heavy atom. The normalized spacial score (nSPS) is 10.3. The Labute approximate surface area is 128 Å². The van der Waals surface area contributed by atoms with Crippen molar-refractivity contribution in [2.24, 2.45) is 0 Å². The average Bonchev–Trinajstić information content (AvgIpc) is 2.72. The van der Waals surface area contributed by atoms with Gasteiger partial charge in [-0.2, -0.15) is 0 Å². The van der Waals surface area contributed by atoms with Crippen molar-refractivity contribution in [1.82, 2.24) is 0 Å². The molecule has 1 aromatic heterocycles. The van der Waals surface area contributed by atoms with E-state index < -0.39 is 5.97 Å². The molecular weight excluding hydrogens is 321 g/mol. The van der Waals surface area contributed by atoms with Gasteiger partial charge in [-0.05, 0) is 36.1 Å². The van der Waals surface area contributed by atoms with Crippen LogP contribution >= 0.6 is 34.5 Å². The molecule has 1 amide bonds. The first-order valence-electron chi connectivity index (χ1n) is 5.48. The van der Waals surface area contributed by atoms with Crippen molar-refractivity contribution in [2.75, 3.05) is 5.32 Å². The number of benzene rings is 1. The molecule has 0 spiro atoms. The molecular formula is C13H9Cl2NO3S. The van der Waals surface area contributed by atoms with Crippen LogP contribution in [0.1, 0.15) is 25.6 Å². The molecule has 0 aliphatic heterocycles. The second-order valence-corrected chi connectivity index (χ2v) is 5.68. The van der Waals surface area contributed by atoms with Gasteiger partial charge in [-0.1, -0.05) is 23.2 Å². The fraction of sp³-hybridized carbons (Fsp3) is 0.0769. The molecule has 0 unspecified atom stereocenters. The lowest BCUT2D eigenvalue weighted by Gasteiger charge is -2.07. The van der Waals surface area contributed by atoms with Crippen LogP contribution in [0.25, 0.3) is 0 Å². The molecule has 2 rings (SSSR count). The number of aryl methyl sites for hydroxylation is 1. The molecule has 0 atom stereocenters. The van der Waals surface area contributed by atoms with Crippen LogP contribution in [0.15, 0.2) is 23.6 Å². The highest BCUT2D eigenvalue weighted by Crippen LogP contribution is 2.29. The summed E-state index contributed by atoms with van der Waals surface area (Å²) >= 11 is 13.2. The lowest BCUT2D eigenvalue weighted by atomic mass is 10.2. The smallest absolute Gasteiger partial charge is 0.335 e. The maximum Gasteiger partial charge on any atom is 0.335 e. The van der Waals surface area contributed by atoms with Crippen molar-refractivity contribution in [3.63, 3.8) is 0 Å². The van der Waals surface area contributed by atoms with Crippen molar-refractivity contribution < 1.29 is 14.7 Å². The van der Waals surface area contributed by atoms with E-state index >= 15 is 0 Å². The van der Waals surface area contributed by atoms with E-state index in [0.717, 1.165) is 5.56 Å². The van der Waals surface area contributed by atoms with Gasteiger partial charge < -0.3 is 10.4 Å². The number of amides is 1. The van der Waals surface area contributed by atoms with E-state index in [2.05, 4.69) is 5.32 Å². The molecule has 2 aromatic rings. The van der Waals surface area contributed by atoms with Gasteiger partial charge in [-0.25, -0.2) is 4.79 Å². The number of halogens is 2. The minimum absolute atomic E-state index is 0.0537. The fourth-order valence-electron chi connectivity index (χ4n) is 1.51. The third-order valence-corrected chi connectivity index (χ3v) is 4.58. The van der Waals surface area contributed by atoms with Gasteiger partial charge in [-0.3, -0.25) is 4.79 Å². The minimum Gasteiger partial charge on any atom is -0.478 e. The second kappa shape index (κ2) is 5.83. The summed E-state index contributed by atoms with van der Waals surface area (Å²) in [6, 6.07) is 4.09. The van der Waals surface area contributed by atoms with Gasteiger partial charge in [0.05, 0.1) is 21.3 Å². The summed E-state index contributed by atoms with van der Waals surface area (Å²) in [5, 5.41) is 13.8. The molecule has 20 heavy (non-hydrogen) atoms. The number of carboxylic acids is 1. The van der Waals surface area contributed by atoms with Gasteiger partial charge in [0.1, 0.15) is 4.88 Å². The molecule has 1 heterocycles. The number of carbonyl (C=O) groups is 2. The third kappa shape index (κ3) is 2.95. The molecule has 0 radical (unpaired) electrons. The van der Waals surface area contributed by atoms with Crippen molar-refractivity contribution in [3.8, 4) is 0 Å². The number of carbonyl (C=O) groups excluding carboxylic acids is 1. The predicted molar refractivity (Wildman–Crippen MR) is 80.4 cm³/mol. The summed E-state index contributed by atoms with van der Waals surface area (Å²) in [5.74, 6) is -1.46. The fourth-order valence-corrected chi connectivity index (χ4v) is 2.91. The molecule has 7 heteroatoms. The lowest BCUT2D eigenvalue weighted by molar-refractivity contribution is 0.0696. The van der Waals surface area contributed by atoms with E-state index in [-0.39, 0.29) is 16.5 Å². The first kappa shape index (κ1) is 14.8. The Balaban J connectivity index is 2.24. The van der Waals surface area contributed by atoms with Crippen LogP contribution in [0, 0.1) is 6.92 Å². The molecule has 0 aliphatic rings. The lowest BCUT2D eigenvalue weighted by Crippen LogP contribution is -2.11. The van der Waals surface area contributed by atoms with Gasteiger partial charge in [0.15, 0.2) is 0 Å². The van der Waals surface area contributed by atoms with E-state index in [0.29, 0.717) is 15.6 Å². The number of aromatic carboxylic acids is 1. The molecule has 1 aromatic carbocycles. The van der Waals surface area contributed by atoms with E-state index in [1.165, 1.54) is 29.5 Å².